The number of nitrogens with zero attached hydrogens (tertiary/aromatic N) is 3. The van der Waals surface area contributed by atoms with Crippen LogP contribution < -0.4 is 9.62 Å². The Bertz CT molecular complexity index is 1190. The molecule has 0 aliphatic heterocycles. The Balaban J connectivity index is 2.51. The summed E-state index contributed by atoms with van der Waals surface area (Å²) in [6.07, 6.45) is 0.750. The third kappa shape index (κ3) is 7.54. The fraction of sp³-hybridized carbons (Fsp3) is 0.462. The molecule has 0 aliphatic carbocycles. The third-order valence-corrected chi connectivity index (χ3v) is 8.36. The molecule has 36 heavy (non-hydrogen) atoms. The topological polar surface area (TPSA) is 90.0 Å². The fourth-order valence-electron chi connectivity index (χ4n) is 3.57. The van der Waals surface area contributed by atoms with E-state index in [-0.39, 0.29) is 18.5 Å². The molecule has 10 heteroatoms. The smallest absolute Gasteiger partial charge is 0.304 e. The largest absolute Gasteiger partial charge is 0.352 e. The number of amides is 2. The van der Waals surface area contributed by atoms with Gasteiger partial charge in [-0.3, -0.25) is 9.59 Å². The maximum absolute atomic E-state index is 13.8. The summed E-state index contributed by atoms with van der Waals surface area (Å²) >= 11 is 3.45. The molecule has 198 valence electrons. The van der Waals surface area contributed by atoms with Gasteiger partial charge in [-0.05, 0) is 69.0 Å². The van der Waals surface area contributed by atoms with Gasteiger partial charge in [-0.2, -0.15) is 12.7 Å². The second kappa shape index (κ2) is 12.7. The van der Waals surface area contributed by atoms with Crippen molar-refractivity contribution in [3.05, 3.63) is 63.6 Å². The lowest BCUT2D eigenvalue weighted by molar-refractivity contribution is -0.139. The van der Waals surface area contributed by atoms with Gasteiger partial charge < -0.3 is 10.2 Å². The number of rotatable bonds is 11. The summed E-state index contributed by atoms with van der Waals surface area (Å²) in [5.74, 6) is -0.769. The van der Waals surface area contributed by atoms with Crippen molar-refractivity contribution in [1.82, 2.24) is 14.5 Å². The van der Waals surface area contributed by atoms with E-state index in [9.17, 15) is 18.0 Å². The van der Waals surface area contributed by atoms with Gasteiger partial charge in [0.1, 0.15) is 12.6 Å². The minimum atomic E-state index is -4.00. The predicted octanol–water partition coefficient (Wildman–Crippen LogP) is 4.01. The van der Waals surface area contributed by atoms with Crippen molar-refractivity contribution in [2.45, 2.75) is 59.7 Å². The second-order valence-corrected chi connectivity index (χ2v) is 12.2. The molecule has 2 atom stereocenters. The maximum atomic E-state index is 13.8. The molecule has 0 spiro atoms. The predicted molar refractivity (Wildman–Crippen MR) is 148 cm³/mol. The Morgan fingerprint density at radius 2 is 1.72 bits per heavy atom. The number of halogens is 1. The van der Waals surface area contributed by atoms with Gasteiger partial charge in [0.25, 0.3) is 0 Å². The van der Waals surface area contributed by atoms with Gasteiger partial charge in [0.15, 0.2) is 0 Å². The summed E-state index contributed by atoms with van der Waals surface area (Å²) in [5.41, 5.74) is 2.83. The van der Waals surface area contributed by atoms with Crippen molar-refractivity contribution in [2.75, 3.05) is 24.9 Å². The second-order valence-electron chi connectivity index (χ2n) is 9.23. The molecule has 2 rings (SSSR count). The SMILES string of the molecule is CC[C@H](C)NC(=O)[C@@H](C)N(Cc1cccc(Br)c1)C(=O)CN(c1cc(C)ccc1C)S(=O)(=O)N(C)C. The van der Waals surface area contributed by atoms with E-state index >= 15 is 0 Å². The lowest BCUT2D eigenvalue weighted by Gasteiger charge is -2.33. The lowest BCUT2D eigenvalue weighted by atomic mass is 10.1. The summed E-state index contributed by atoms with van der Waals surface area (Å²) in [7, 11) is -1.14. The molecule has 2 amide bonds. The summed E-state index contributed by atoms with van der Waals surface area (Å²) in [6.45, 7) is 8.91. The maximum Gasteiger partial charge on any atom is 0.304 e. The molecule has 0 fully saturated rings. The Hall–Kier alpha value is -2.43. The molecule has 0 radical (unpaired) electrons. The number of aryl methyl sites for hydroxylation is 2. The van der Waals surface area contributed by atoms with Crippen LogP contribution in [0.3, 0.4) is 0 Å². The van der Waals surface area contributed by atoms with Crippen molar-refractivity contribution in [3.8, 4) is 0 Å². The molecule has 0 unspecified atom stereocenters. The number of hydrogen-bond acceptors (Lipinski definition) is 4. The monoisotopic (exact) mass is 580 g/mol. The number of benzene rings is 2. The Morgan fingerprint density at radius 3 is 2.31 bits per heavy atom. The molecule has 0 saturated heterocycles. The fourth-order valence-corrected chi connectivity index (χ4v) is 5.13. The highest BCUT2D eigenvalue weighted by molar-refractivity contribution is 9.10. The zero-order valence-electron chi connectivity index (χ0n) is 22.1. The minimum absolute atomic E-state index is 0.0525. The van der Waals surface area contributed by atoms with Crippen molar-refractivity contribution in [3.63, 3.8) is 0 Å². The van der Waals surface area contributed by atoms with Crippen LogP contribution in [-0.2, 0) is 26.3 Å². The highest BCUT2D eigenvalue weighted by Crippen LogP contribution is 2.26. The zero-order valence-corrected chi connectivity index (χ0v) is 24.5. The van der Waals surface area contributed by atoms with Crippen LogP contribution in [0.15, 0.2) is 46.9 Å². The van der Waals surface area contributed by atoms with Crippen LogP contribution in [0.1, 0.15) is 43.9 Å². The first-order valence-electron chi connectivity index (χ1n) is 11.9. The van der Waals surface area contributed by atoms with Gasteiger partial charge in [0.05, 0.1) is 5.69 Å². The van der Waals surface area contributed by atoms with Crippen molar-refractivity contribution in [1.29, 1.82) is 0 Å². The molecule has 2 aromatic carbocycles. The number of carbonyl (C=O) groups is 2. The summed E-state index contributed by atoms with van der Waals surface area (Å²) in [5, 5.41) is 2.93. The minimum Gasteiger partial charge on any atom is -0.352 e. The summed E-state index contributed by atoms with van der Waals surface area (Å²) in [4.78, 5) is 28.2. The van der Waals surface area contributed by atoms with E-state index in [0.29, 0.717) is 5.69 Å². The van der Waals surface area contributed by atoms with Crippen LogP contribution in [0, 0.1) is 13.8 Å². The standard InChI is InChI=1S/C26H37BrN4O4S/c1-8-20(4)28-26(33)21(5)30(16-22-10-9-11-23(27)15-22)25(32)17-31(36(34,35)29(6)7)24-14-18(2)12-13-19(24)3/h9-15,20-21H,8,16-17H2,1-7H3,(H,28,33)/t20-,21+/m0/s1. The number of carbonyl (C=O) groups excluding carboxylic acids is 2. The van der Waals surface area contributed by atoms with Gasteiger partial charge in [0.2, 0.25) is 11.8 Å². The molecule has 0 aromatic heterocycles. The Morgan fingerprint density at radius 1 is 1.06 bits per heavy atom. The van der Waals surface area contributed by atoms with Gasteiger partial charge in [-0.25, -0.2) is 4.31 Å². The molecule has 0 bridgehead atoms. The van der Waals surface area contributed by atoms with Gasteiger partial charge >= 0.3 is 10.2 Å². The van der Waals surface area contributed by atoms with Crippen molar-refractivity contribution < 1.29 is 18.0 Å². The first-order valence-corrected chi connectivity index (χ1v) is 14.1. The first kappa shape index (κ1) is 29.8. The highest BCUT2D eigenvalue weighted by atomic mass is 79.9. The Kier molecular flexibility index (Phi) is 10.5. The van der Waals surface area contributed by atoms with E-state index in [1.807, 2.05) is 57.2 Å². The summed E-state index contributed by atoms with van der Waals surface area (Å²) in [6, 6.07) is 12.1. The van der Waals surface area contributed by atoms with Crippen molar-refractivity contribution in [2.24, 2.45) is 0 Å². The van der Waals surface area contributed by atoms with Gasteiger partial charge in [0, 0.05) is 31.2 Å². The first-order chi connectivity index (χ1) is 16.8. The molecular weight excluding hydrogens is 544 g/mol. The quantitative estimate of drug-likeness (QED) is 0.435. The highest BCUT2D eigenvalue weighted by Gasteiger charge is 2.33. The zero-order chi connectivity index (χ0) is 27.2. The molecule has 0 saturated carbocycles. The normalized spacial score (nSPS) is 13.2. The van der Waals surface area contributed by atoms with Gasteiger partial charge in [-0.1, -0.05) is 47.1 Å². The molecule has 8 nitrogen and oxygen atoms in total. The number of hydrogen-bond donors (Lipinski definition) is 1. The number of nitrogens with one attached hydrogen (secondary N) is 1. The van der Waals surface area contributed by atoms with E-state index in [0.717, 1.165) is 36.2 Å². The van der Waals surface area contributed by atoms with Gasteiger partial charge in [-0.15, -0.1) is 0 Å². The van der Waals surface area contributed by atoms with Crippen LogP contribution in [0.5, 0.6) is 0 Å². The van der Waals surface area contributed by atoms with Crippen LogP contribution >= 0.6 is 15.9 Å². The van der Waals surface area contributed by atoms with Crippen LogP contribution in [-0.4, -0.2) is 62.2 Å². The average molecular weight is 582 g/mol. The van der Waals surface area contributed by atoms with E-state index in [2.05, 4.69) is 21.2 Å². The van der Waals surface area contributed by atoms with Crippen LogP contribution in [0.4, 0.5) is 5.69 Å². The lowest BCUT2D eigenvalue weighted by Crippen LogP contribution is -2.53. The molecule has 2 aromatic rings. The van der Waals surface area contributed by atoms with Crippen molar-refractivity contribution >= 4 is 43.6 Å². The van der Waals surface area contributed by atoms with E-state index in [1.54, 1.807) is 19.9 Å². The molecule has 1 N–H and O–H groups in total. The number of anilines is 1. The Labute approximate surface area is 224 Å². The van der Waals surface area contributed by atoms with Crippen LogP contribution in [0.25, 0.3) is 0 Å². The van der Waals surface area contributed by atoms with Crippen LogP contribution in [0.2, 0.25) is 0 Å². The molecular formula is C26H37BrN4O4S. The van der Waals surface area contributed by atoms with E-state index in [4.69, 9.17) is 0 Å². The third-order valence-electron chi connectivity index (χ3n) is 6.06. The average Bonchev–Trinajstić information content (AvgIpc) is 2.81. The molecule has 0 aliphatic rings. The van der Waals surface area contributed by atoms with E-state index < -0.39 is 28.7 Å². The van der Waals surface area contributed by atoms with E-state index in [1.165, 1.54) is 19.0 Å². The summed E-state index contributed by atoms with van der Waals surface area (Å²) < 4.78 is 29.7. The molecule has 0 heterocycles.